The Bertz CT molecular complexity index is 827. The number of thioether (sulfide) groups is 1. The maximum atomic E-state index is 14.0. The fraction of sp³-hybridized carbons (Fsp3) is 0.708. The molecule has 1 spiro atoms. The molecule has 176 valence electrons. The van der Waals surface area contributed by atoms with E-state index in [1.807, 2.05) is 43.1 Å². The van der Waals surface area contributed by atoms with Crippen LogP contribution in [0.25, 0.3) is 0 Å². The molecule has 4 aliphatic heterocycles. The Labute approximate surface area is 194 Å². The lowest BCUT2D eigenvalue weighted by molar-refractivity contribution is -0.152. The van der Waals surface area contributed by atoms with Crippen molar-refractivity contribution < 1.29 is 24.2 Å². The number of nitrogens with zero attached hydrogens (tertiary/aromatic N) is 2. The molecule has 0 aromatic rings. The van der Waals surface area contributed by atoms with E-state index in [-0.39, 0.29) is 42.2 Å². The lowest BCUT2D eigenvalue weighted by Crippen LogP contribution is -2.56. The first kappa shape index (κ1) is 23.4. The minimum Gasteiger partial charge on any atom is -0.461 e. The number of aliphatic hydroxyl groups is 1. The number of hydrogen-bond donors (Lipinski definition) is 1. The molecule has 2 fully saturated rings. The van der Waals surface area contributed by atoms with Gasteiger partial charge >= 0.3 is 5.97 Å². The Morgan fingerprint density at radius 3 is 2.72 bits per heavy atom. The maximum absolute atomic E-state index is 14.0. The SMILES string of the molecule is CCCCN1CC=C[C@]23S[C@H]4C=CCOC(=O)[C@H]4[C@H]2C(=O)N([C@@H](CO)CC(C)C)C3C1=O. The third-order valence-electron chi connectivity index (χ3n) is 7.06. The van der Waals surface area contributed by atoms with Gasteiger partial charge in [-0.25, -0.2) is 0 Å². The smallest absolute Gasteiger partial charge is 0.311 e. The van der Waals surface area contributed by atoms with Gasteiger partial charge in [0.15, 0.2) is 0 Å². The molecular weight excluding hydrogens is 428 g/mol. The average Bonchev–Trinajstić information content (AvgIpc) is 3.06. The van der Waals surface area contributed by atoms with Crippen molar-refractivity contribution in [3.05, 3.63) is 24.3 Å². The largest absolute Gasteiger partial charge is 0.461 e. The summed E-state index contributed by atoms with van der Waals surface area (Å²) in [4.78, 5) is 44.3. The molecule has 2 amide bonds. The van der Waals surface area contributed by atoms with Crippen LogP contribution in [0.15, 0.2) is 24.3 Å². The molecule has 7 nitrogen and oxygen atoms in total. The number of carbonyl (C=O) groups excluding carboxylic acids is 3. The lowest BCUT2D eigenvalue weighted by atomic mass is 9.78. The van der Waals surface area contributed by atoms with Crippen molar-refractivity contribution in [1.82, 2.24) is 9.80 Å². The molecule has 0 bridgehead atoms. The number of aliphatic hydroxyl groups excluding tert-OH is 1. The molecule has 32 heavy (non-hydrogen) atoms. The average molecular weight is 463 g/mol. The Morgan fingerprint density at radius 2 is 2.03 bits per heavy atom. The predicted molar refractivity (Wildman–Crippen MR) is 123 cm³/mol. The number of fused-ring (bicyclic) bond motifs is 2. The molecule has 0 radical (unpaired) electrons. The standard InChI is InChI=1S/C24H34N2O5S/c1-4-5-10-25-11-7-9-24-19(18-17(32-24)8-6-12-31-23(18)30)21(28)26(20(24)22(25)29)16(14-27)13-15(2)3/h6-9,15-20,27H,4-5,10-14H2,1-3H3/t16-,17+,18-,19+,20?,24+/m1/s1. The summed E-state index contributed by atoms with van der Waals surface area (Å²) in [5.41, 5.74) is 0. The van der Waals surface area contributed by atoms with E-state index in [2.05, 4.69) is 6.92 Å². The van der Waals surface area contributed by atoms with Gasteiger partial charge in [0.1, 0.15) is 12.6 Å². The normalized spacial score (nSPS) is 34.8. The number of esters is 1. The minimum absolute atomic E-state index is 0.0807. The van der Waals surface area contributed by atoms with Gasteiger partial charge in [-0.2, -0.15) is 0 Å². The summed E-state index contributed by atoms with van der Waals surface area (Å²) >= 11 is 1.54. The monoisotopic (exact) mass is 462 g/mol. The Morgan fingerprint density at radius 1 is 1.25 bits per heavy atom. The van der Waals surface area contributed by atoms with Crippen LogP contribution in [-0.4, -0.2) is 81.1 Å². The Hall–Kier alpha value is -1.80. The van der Waals surface area contributed by atoms with Crippen LogP contribution >= 0.6 is 11.8 Å². The van der Waals surface area contributed by atoms with Crippen LogP contribution in [0.2, 0.25) is 0 Å². The molecule has 6 atom stereocenters. The number of amides is 2. The number of hydrogen-bond acceptors (Lipinski definition) is 6. The van der Waals surface area contributed by atoms with Gasteiger partial charge in [0.05, 0.1) is 29.2 Å². The van der Waals surface area contributed by atoms with Crippen molar-refractivity contribution in [1.29, 1.82) is 0 Å². The van der Waals surface area contributed by atoms with Gasteiger partial charge in [-0.05, 0) is 18.8 Å². The second kappa shape index (κ2) is 9.21. The third kappa shape index (κ3) is 3.69. The van der Waals surface area contributed by atoms with Crippen LogP contribution in [0, 0.1) is 17.8 Å². The third-order valence-corrected chi connectivity index (χ3v) is 8.81. The van der Waals surface area contributed by atoms with Crippen LogP contribution < -0.4 is 0 Å². The van der Waals surface area contributed by atoms with Gasteiger partial charge in [-0.15, -0.1) is 11.8 Å². The molecule has 4 heterocycles. The number of likely N-dealkylation sites (tertiary alicyclic amines) is 1. The van der Waals surface area contributed by atoms with Gasteiger partial charge in [0, 0.05) is 18.3 Å². The second-order valence-corrected chi connectivity index (χ2v) is 11.1. The molecule has 4 rings (SSSR count). The first-order valence-electron chi connectivity index (χ1n) is 11.8. The summed E-state index contributed by atoms with van der Waals surface area (Å²) in [6.07, 6.45) is 10.2. The number of cyclic esters (lactones) is 1. The number of carbonyl (C=O) groups is 3. The molecular formula is C24H34N2O5S. The number of unbranched alkanes of at least 4 members (excludes halogenated alkanes) is 1. The summed E-state index contributed by atoms with van der Waals surface area (Å²) in [5.74, 6) is -1.72. The molecule has 0 aromatic heterocycles. The fourth-order valence-corrected chi connectivity index (χ4v) is 7.71. The van der Waals surface area contributed by atoms with E-state index in [4.69, 9.17) is 4.74 Å². The fourth-order valence-electron chi connectivity index (χ4n) is 5.72. The van der Waals surface area contributed by atoms with Crippen LogP contribution in [0.1, 0.15) is 40.0 Å². The highest BCUT2D eigenvalue weighted by Gasteiger charge is 2.71. The zero-order valence-corrected chi connectivity index (χ0v) is 19.9. The van der Waals surface area contributed by atoms with Crippen molar-refractivity contribution in [2.45, 2.75) is 62.1 Å². The molecule has 0 aliphatic carbocycles. The summed E-state index contributed by atoms with van der Waals surface area (Å²) in [6, 6.07) is -1.19. The highest BCUT2D eigenvalue weighted by Crippen LogP contribution is 2.61. The maximum Gasteiger partial charge on any atom is 0.311 e. The van der Waals surface area contributed by atoms with Crippen LogP contribution in [0.5, 0.6) is 0 Å². The summed E-state index contributed by atoms with van der Waals surface area (Å²) in [6.45, 7) is 7.30. The van der Waals surface area contributed by atoms with E-state index < -0.39 is 28.7 Å². The van der Waals surface area contributed by atoms with Gasteiger partial charge in [-0.1, -0.05) is 51.5 Å². The first-order chi connectivity index (χ1) is 15.4. The second-order valence-electron chi connectivity index (χ2n) is 9.65. The lowest BCUT2D eigenvalue weighted by Gasteiger charge is -2.39. The predicted octanol–water partition coefficient (Wildman–Crippen LogP) is 2.00. The van der Waals surface area contributed by atoms with Gasteiger partial charge in [0.2, 0.25) is 11.8 Å². The number of rotatable bonds is 7. The molecule has 1 unspecified atom stereocenters. The zero-order chi connectivity index (χ0) is 23.0. The van der Waals surface area contributed by atoms with Crippen molar-refractivity contribution >= 4 is 29.5 Å². The molecule has 8 heteroatoms. The summed E-state index contributed by atoms with van der Waals surface area (Å²) < 4.78 is 4.55. The van der Waals surface area contributed by atoms with E-state index in [1.54, 1.807) is 16.7 Å². The van der Waals surface area contributed by atoms with E-state index in [1.165, 1.54) is 0 Å². The van der Waals surface area contributed by atoms with Crippen molar-refractivity contribution in [3.63, 3.8) is 0 Å². The van der Waals surface area contributed by atoms with E-state index in [9.17, 15) is 19.5 Å². The number of ether oxygens (including phenoxy) is 1. The van der Waals surface area contributed by atoms with Crippen molar-refractivity contribution in [2.75, 3.05) is 26.3 Å². The van der Waals surface area contributed by atoms with Gasteiger partial charge in [-0.3, -0.25) is 14.4 Å². The van der Waals surface area contributed by atoms with E-state index >= 15 is 0 Å². The minimum atomic E-state index is -0.838. The van der Waals surface area contributed by atoms with Crippen LogP contribution in [0.4, 0.5) is 0 Å². The van der Waals surface area contributed by atoms with Gasteiger partial charge in [0.25, 0.3) is 0 Å². The first-order valence-corrected chi connectivity index (χ1v) is 12.6. The highest BCUT2D eigenvalue weighted by molar-refractivity contribution is 8.02. The molecule has 4 aliphatic rings. The quantitative estimate of drug-likeness (QED) is 0.460. The zero-order valence-electron chi connectivity index (χ0n) is 19.1. The topological polar surface area (TPSA) is 87.2 Å². The van der Waals surface area contributed by atoms with Crippen molar-refractivity contribution in [2.24, 2.45) is 17.8 Å². The molecule has 2 saturated heterocycles. The van der Waals surface area contributed by atoms with Crippen LogP contribution in [-0.2, 0) is 19.1 Å². The Balaban J connectivity index is 1.82. The summed E-state index contributed by atoms with van der Waals surface area (Å²) in [7, 11) is 0. The highest BCUT2D eigenvalue weighted by atomic mass is 32.2. The van der Waals surface area contributed by atoms with Crippen LogP contribution in [0.3, 0.4) is 0 Å². The molecule has 0 aromatic carbocycles. The van der Waals surface area contributed by atoms with E-state index in [0.29, 0.717) is 19.5 Å². The molecule has 1 N–H and O–H groups in total. The molecule has 0 saturated carbocycles. The van der Waals surface area contributed by atoms with Gasteiger partial charge < -0.3 is 19.6 Å². The van der Waals surface area contributed by atoms with E-state index in [0.717, 1.165) is 12.8 Å². The summed E-state index contributed by atoms with van der Waals surface area (Å²) in [5, 5.41) is 10.0. The Kier molecular flexibility index (Phi) is 6.73. The van der Waals surface area contributed by atoms with Crippen molar-refractivity contribution in [3.8, 4) is 0 Å².